The predicted octanol–water partition coefficient (Wildman–Crippen LogP) is 2.56. The van der Waals surface area contributed by atoms with Crippen LogP contribution >= 0.6 is 0 Å². The SMILES string of the molecule is CCc1nc(NC)c(C)c(OCc2ccco2)n1. The molecule has 0 aliphatic carbocycles. The second kappa shape index (κ2) is 5.53. The van der Waals surface area contributed by atoms with Crippen LogP contribution in [0.25, 0.3) is 0 Å². The van der Waals surface area contributed by atoms with Gasteiger partial charge in [0.25, 0.3) is 0 Å². The molecule has 2 aromatic heterocycles. The average Bonchev–Trinajstić information content (AvgIpc) is 2.90. The minimum atomic E-state index is 0.372. The molecule has 1 N–H and O–H groups in total. The Morgan fingerprint density at radius 1 is 1.39 bits per heavy atom. The molecule has 0 radical (unpaired) electrons. The van der Waals surface area contributed by atoms with E-state index >= 15 is 0 Å². The lowest BCUT2D eigenvalue weighted by Crippen LogP contribution is -2.06. The first-order chi connectivity index (χ1) is 8.74. The molecule has 2 aromatic rings. The topological polar surface area (TPSA) is 60.2 Å². The summed E-state index contributed by atoms with van der Waals surface area (Å²) < 4.78 is 10.9. The standard InChI is InChI=1S/C13H17N3O2/c1-4-11-15-12(14-3)9(2)13(16-11)18-8-10-6-5-7-17-10/h5-7H,4,8H2,1-3H3,(H,14,15,16). The monoisotopic (exact) mass is 247 g/mol. The second-order valence-electron chi connectivity index (χ2n) is 3.89. The summed E-state index contributed by atoms with van der Waals surface area (Å²) in [6, 6.07) is 3.71. The number of nitrogens with zero attached hydrogens (tertiary/aromatic N) is 2. The van der Waals surface area contributed by atoms with Crippen LogP contribution in [0.4, 0.5) is 5.82 Å². The van der Waals surface area contributed by atoms with Crippen molar-refractivity contribution in [1.82, 2.24) is 9.97 Å². The van der Waals surface area contributed by atoms with E-state index in [1.807, 2.05) is 33.0 Å². The fraction of sp³-hybridized carbons (Fsp3) is 0.385. The van der Waals surface area contributed by atoms with E-state index in [0.29, 0.717) is 12.5 Å². The van der Waals surface area contributed by atoms with Crippen LogP contribution in [-0.4, -0.2) is 17.0 Å². The summed E-state index contributed by atoms with van der Waals surface area (Å²) >= 11 is 0. The zero-order valence-electron chi connectivity index (χ0n) is 10.9. The summed E-state index contributed by atoms with van der Waals surface area (Å²) in [5, 5.41) is 3.05. The van der Waals surface area contributed by atoms with Gasteiger partial charge in [-0.25, -0.2) is 4.98 Å². The van der Waals surface area contributed by atoms with E-state index in [1.54, 1.807) is 6.26 Å². The Morgan fingerprint density at radius 3 is 2.83 bits per heavy atom. The Kier molecular flexibility index (Phi) is 3.82. The van der Waals surface area contributed by atoms with Crippen molar-refractivity contribution in [3.63, 3.8) is 0 Å². The third-order valence-electron chi connectivity index (χ3n) is 2.63. The summed E-state index contributed by atoms with van der Waals surface area (Å²) in [7, 11) is 1.84. The molecule has 0 aliphatic heterocycles. The average molecular weight is 247 g/mol. The molecule has 0 saturated carbocycles. The van der Waals surface area contributed by atoms with E-state index in [4.69, 9.17) is 9.15 Å². The molecule has 18 heavy (non-hydrogen) atoms. The van der Waals surface area contributed by atoms with Crippen LogP contribution in [0.3, 0.4) is 0 Å². The third kappa shape index (κ3) is 2.61. The van der Waals surface area contributed by atoms with Gasteiger partial charge in [-0.3, -0.25) is 0 Å². The van der Waals surface area contributed by atoms with Gasteiger partial charge in [0, 0.05) is 13.5 Å². The summed E-state index contributed by atoms with van der Waals surface area (Å²) in [6.45, 7) is 4.32. The maximum Gasteiger partial charge on any atom is 0.222 e. The molecule has 0 aromatic carbocycles. The summed E-state index contributed by atoms with van der Waals surface area (Å²) in [4.78, 5) is 8.77. The van der Waals surface area contributed by atoms with Crippen LogP contribution in [0.2, 0.25) is 0 Å². The van der Waals surface area contributed by atoms with Gasteiger partial charge in [-0.15, -0.1) is 0 Å². The van der Waals surface area contributed by atoms with Gasteiger partial charge in [0.1, 0.15) is 24.0 Å². The van der Waals surface area contributed by atoms with E-state index < -0.39 is 0 Å². The first-order valence-electron chi connectivity index (χ1n) is 5.95. The van der Waals surface area contributed by atoms with Gasteiger partial charge in [0.2, 0.25) is 5.88 Å². The number of ether oxygens (including phenoxy) is 1. The number of rotatable bonds is 5. The highest BCUT2D eigenvalue weighted by molar-refractivity contribution is 5.48. The molecule has 0 spiro atoms. The molecule has 0 fully saturated rings. The lowest BCUT2D eigenvalue weighted by atomic mass is 10.3. The van der Waals surface area contributed by atoms with E-state index in [1.165, 1.54) is 0 Å². The van der Waals surface area contributed by atoms with E-state index in [2.05, 4.69) is 15.3 Å². The number of anilines is 1. The molecule has 96 valence electrons. The van der Waals surface area contributed by atoms with Crippen LogP contribution in [-0.2, 0) is 13.0 Å². The van der Waals surface area contributed by atoms with Crippen LogP contribution in [0.15, 0.2) is 22.8 Å². The molecule has 2 rings (SSSR count). The first-order valence-corrected chi connectivity index (χ1v) is 5.95. The number of aryl methyl sites for hydroxylation is 1. The van der Waals surface area contributed by atoms with Crippen molar-refractivity contribution in [1.29, 1.82) is 0 Å². The number of hydrogen-bond donors (Lipinski definition) is 1. The van der Waals surface area contributed by atoms with Crippen molar-refractivity contribution in [3.05, 3.63) is 35.5 Å². The third-order valence-corrected chi connectivity index (χ3v) is 2.63. The lowest BCUT2D eigenvalue weighted by Gasteiger charge is -2.11. The molecule has 0 saturated heterocycles. The number of furan rings is 1. The van der Waals surface area contributed by atoms with Crippen molar-refractivity contribution in [2.75, 3.05) is 12.4 Å². The molecule has 2 heterocycles. The Balaban J connectivity index is 2.20. The summed E-state index contributed by atoms with van der Waals surface area (Å²) in [5.41, 5.74) is 0.904. The molecule has 5 heteroatoms. The maximum absolute atomic E-state index is 5.68. The largest absolute Gasteiger partial charge is 0.469 e. The van der Waals surface area contributed by atoms with Gasteiger partial charge in [0.15, 0.2) is 0 Å². The number of hydrogen-bond acceptors (Lipinski definition) is 5. The van der Waals surface area contributed by atoms with E-state index in [0.717, 1.165) is 29.4 Å². The van der Waals surface area contributed by atoms with Gasteiger partial charge in [-0.05, 0) is 19.1 Å². The molecular formula is C13H17N3O2. The van der Waals surface area contributed by atoms with Crippen LogP contribution in [0, 0.1) is 6.92 Å². The smallest absolute Gasteiger partial charge is 0.222 e. The fourth-order valence-electron chi connectivity index (χ4n) is 1.62. The van der Waals surface area contributed by atoms with E-state index in [9.17, 15) is 0 Å². The maximum atomic E-state index is 5.68. The highest BCUT2D eigenvalue weighted by atomic mass is 16.5. The Morgan fingerprint density at radius 2 is 2.22 bits per heavy atom. The van der Waals surface area contributed by atoms with Gasteiger partial charge >= 0.3 is 0 Å². The van der Waals surface area contributed by atoms with Gasteiger partial charge < -0.3 is 14.5 Å². The Bertz CT molecular complexity index is 509. The molecule has 5 nitrogen and oxygen atoms in total. The van der Waals surface area contributed by atoms with Crippen LogP contribution in [0.5, 0.6) is 5.88 Å². The zero-order chi connectivity index (χ0) is 13.0. The molecule has 0 atom stereocenters. The van der Waals surface area contributed by atoms with Crippen molar-refractivity contribution >= 4 is 5.82 Å². The summed E-state index contributed by atoms with van der Waals surface area (Å²) in [6.07, 6.45) is 2.40. The lowest BCUT2D eigenvalue weighted by molar-refractivity contribution is 0.258. The Hall–Kier alpha value is -2.04. The highest BCUT2D eigenvalue weighted by Gasteiger charge is 2.11. The van der Waals surface area contributed by atoms with E-state index in [-0.39, 0.29) is 0 Å². The van der Waals surface area contributed by atoms with Crippen LogP contribution in [0.1, 0.15) is 24.1 Å². The highest BCUT2D eigenvalue weighted by Crippen LogP contribution is 2.22. The van der Waals surface area contributed by atoms with Gasteiger partial charge in [-0.1, -0.05) is 6.92 Å². The zero-order valence-corrected chi connectivity index (χ0v) is 10.9. The van der Waals surface area contributed by atoms with Crippen molar-refractivity contribution in [3.8, 4) is 5.88 Å². The predicted molar refractivity (Wildman–Crippen MR) is 68.7 cm³/mol. The second-order valence-corrected chi connectivity index (χ2v) is 3.89. The minimum absolute atomic E-state index is 0.372. The molecule has 0 aliphatic rings. The molecule has 0 bridgehead atoms. The number of nitrogens with one attached hydrogen (secondary N) is 1. The fourth-order valence-corrected chi connectivity index (χ4v) is 1.62. The van der Waals surface area contributed by atoms with Gasteiger partial charge in [0.05, 0.1) is 11.8 Å². The van der Waals surface area contributed by atoms with Crippen molar-refractivity contribution in [2.45, 2.75) is 26.9 Å². The first kappa shape index (κ1) is 12.4. The quantitative estimate of drug-likeness (QED) is 0.879. The Labute approximate surface area is 106 Å². The molecule has 0 unspecified atom stereocenters. The molecule has 0 amide bonds. The minimum Gasteiger partial charge on any atom is -0.469 e. The van der Waals surface area contributed by atoms with Crippen LogP contribution < -0.4 is 10.1 Å². The number of aromatic nitrogens is 2. The van der Waals surface area contributed by atoms with Crippen molar-refractivity contribution < 1.29 is 9.15 Å². The summed E-state index contributed by atoms with van der Waals surface area (Å²) in [5.74, 6) is 2.94. The van der Waals surface area contributed by atoms with Crippen molar-refractivity contribution in [2.24, 2.45) is 0 Å². The molecular weight excluding hydrogens is 230 g/mol. The van der Waals surface area contributed by atoms with Gasteiger partial charge in [-0.2, -0.15) is 4.98 Å². The normalized spacial score (nSPS) is 10.4.